The summed E-state index contributed by atoms with van der Waals surface area (Å²) in [5.74, 6) is -0.101. The fraction of sp³-hybridized carbons (Fsp3) is 0.154. The van der Waals surface area contributed by atoms with Crippen LogP contribution in [0.5, 0.6) is 0 Å². The Balaban J connectivity index is 2.00. The minimum Gasteiger partial charge on any atom is -0.384 e. The van der Waals surface area contributed by atoms with Gasteiger partial charge in [0.25, 0.3) is 0 Å². The smallest absolute Gasteiger partial charge is 0.242 e. The van der Waals surface area contributed by atoms with Crippen molar-refractivity contribution in [2.75, 3.05) is 12.3 Å². The molecule has 1 heterocycles. The lowest BCUT2D eigenvalue weighted by molar-refractivity contribution is 0.577. The number of halogens is 1. The molecule has 5 nitrogen and oxygen atoms in total. The second kappa shape index (κ2) is 5.98. The molecular weight excluding hydrogens is 281 g/mol. The Morgan fingerprint density at radius 1 is 1.20 bits per heavy atom. The molecule has 0 atom stereocenters. The quantitative estimate of drug-likeness (QED) is 0.871. The van der Waals surface area contributed by atoms with E-state index in [0.717, 1.165) is 0 Å². The first-order valence-corrected chi connectivity index (χ1v) is 7.42. The monoisotopic (exact) mass is 295 g/mol. The minimum absolute atomic E-state index is 0.0280. The largest absolute Gasteiger partial charge is 0.384 e. The first kappa shape index (κ1) is 14.4. The van der Waals surface area contributed by atoms with E-state index in [9.17, 15) is 12.8 Å². The number of hydrogen-bond donors (Lipinski definition) is 2. The van der Waals surface area contributed by atoms with Crippen LogP contribution in [-0.2, 0) is 16.4 Å². The number of pyridine rings is 1. The van der Waals surface area contributed by atoms with E-state index in [-0.39, 0.29) is 29.5 Å². The SMILES string of the molecule is Nc1ccc(S(=O)(=O)NCCc2ccccc2F)cn1. The summed E-state index contributed by atoms with van der Waals surface area (Å²) in [5, 5.41) is 0. The highest BCUT2D eigenvalue weighted by Gasteiger charge is 2.13. The fourth-order valence-electron chi connectivity index (χ4n) is 1.66. The van der Waals surface area contributed by atoms with Gasteiger partial charge in [0, 0.05) is 12.7 Å². The number of anilines is 1. The number of nitrogens with one attached hydrogen (secondary N) is 1. The van der Waals surface area contributed by atoms with E-state index < -0.39 is 10.0 Å². The molecule has 1 aromatic heterocycles. The maximum absolute atomic E-state index is 13.4. The van der Waals surface area contributed by atoms with E-state index in [1.165, 1.54) is 24.4 Å². The predicted octanol–water partition coefficient (Wildman–Crippen LogP) is 1.32. The molecule has 2 rings (SSSR count). The van der Waals surface area contributed by atoms with Gasteiger partial charge in [0.2, 0.25) is 10.0 Å². The van der Waals surface area contributed by atoms with E-state index >= 15 is 0 Å². The molecule has 0 aliphatic heterocycles. The van der Waals surface area contributed by atoms with E-state index in [2.05, 4.69) is 9.71 Å². The van der Waals surface area contributed by atoms with Gasteiger partial charge < -0.3 is 5.73 Å². The van der Waals surface area contributed by atoms with Gasteiger partial charge >= 0.3 is 0 Å². The average Bonchev–Trinajstić information content (AvgIpc) is 2.41. The van der Waals surface area contributed by atoms with Crippen molar-refractivity contribution in [1.29, 1.82) is 0 Å². The molecule has 20 heavy (non-hydrogen) atoms. The van der Waals surface area contributed by atoms with Crippen LogP contribution in [0.2, 0.25) is 0 Å². The zero-order chi connectivity index (χ0) is 14.6. The summed E-state index contributed by atoms with van der Waals surface area (Å²) >= 11 is 0. The number of rotatable bonds is 5. The Labute approximate surface area is 116 Å². The average molecular weight is 295 g/mol. The van der Waals surface area contributed by atoms with Crippen molar-refractivity contribution >= 4 is 15.8 Å². The van der Waals surface area contributed by atoms with Gasteiger partial charge in [-0.05, 0) is 30.2 Å². The predicted molar refractivity (Wildman–Crippen MR) is 73.9 cm³/mol. The summed E-state index contributed by atoms with van der Waals surface area (Å²) in [7, 11) is -3.65. The number of sulfonamides is 1. The Morgan fingerprint density at radius 2 is 1.95 bits per heavy atom. The van der Waals surface area contributed by atoms with Crippen LogP contribution in [0.1, 0.15) is 5.56 Å². The van der Waals surface area contributed by atoms with Crippen molar-refractivity contribution in [2.24, 2.45) is 0 Å². The van der Waals surface area contributed by atoms with Crippen molar-refractivity contribution in [2.45, 2.75) is 11.3 Å². The normalized spacial score (nSPS) is 11.4. The van der Waals surface area contributed by atoms with E-state index in [4.69, 9.17) is 5.73 Å². The highest BCUT2D eigenvalue weighted by atomic mass is 32.2. The summed E-state index contributed by atoms with van der Waals surface area (Å²) in [4.78, 5) is 3.75. The van der Waals surface area contributed by atoms with Crippen LogP contribution in [0, 0.1) is 5.82 Å². The van der Waals surface area contributed by atoms with Gasteiger partial charge in [0.15, 0.2) is 0 Å². The lowest BCUT2D eigenvalue weighted by Gasteiger charge is -2.07. The Kier molecular flexibility index (Phi) is 4.31. The molecule has 2 aromatic rings. The first-order valence-electron chi connectivity index (χ1n) is 5.93. The molecule has 0 aliphatic rings. The minimum atomic E-state index is -3.65. The van der Waals surface area contributed by atoms with Gasteiger partial charge in [-0.1, -0.05) is 18.2 Å². The van der Waals surface area contributed by atoms with E-state index in [1.807, 2.05) is 0 Å². The molecule has 0 radical (unpaired) electrons. The van der Waals surface area contributed by atoms with Crippen molar-refractivity contribution in [3.05, 3.63) is 54.0 Å². The molecular formula is C13H14FN3O2S. The molecule has 1 aromatic carbocycles. The Morgan fingerprint density at radius 3 is 2.60 bits per heavy atom. The van der Waals surface area contributed by atoms with Crippen LogP contribution in [0.4, 0.5) is 10.2 Å². The zero-order valence-electron chi connectivity index (χ0n) is 10.6. The van der Waals surface area contributed by atoms with Crippen molar-refractivity contribution in [3.63, 3.8) is 0 Å². The van der Waals surface area contributed by atoms with Crippen molar-refractivity contribution < 1.29 is 12.8 Å². The topological polar surface area (TPSA) is 85.1 Å². The lowest BCUT2D eigenvalue weighted by Crippen LogP contribution is -2.26. The number of benzene rings is 1. The van der Waals surface area contributed by atoms with E-state index in [0.29, 0.717) is 5.56 Å². The van der Waals surface area contributed by atoms with Crippen molar-refractivity contribution in [1.82, 2.24) is 9.71 Å². The Hall–Kier alpha value is -1.99. The molecule has 0 bridgehead atoms. The van der Waals surface area contributed by atoms with Crippen LogP contribution < -0.4 is 10.5 Å². The third kappa shape index (κ3) is 3.52. The van der Waals surface area contributed by atoms with Gasteiger partial charge in [-0.15, -0.1) is 0 Å². The summed E-state index contributed by atoms with van der Waals surface area (Å²) in [6.45, 7) is 0.105. The summed E-state index contributed by atoms with van der Waals surface area (Å²) in [5.41, 5.74) is 5.86. The second-order valence-corrected chi connectivity index (χ2v) is 5.92. The molecule has 3 N–H and O–H groups in total. The van der Waals surface area contributed by atoms with Crippen molar-refractivity contribution in [3.8, 4) is 0 Å². The molecule has 0 saturated carbocycles. The third-order valence-corrected chi connectivity index (χ3v) is 4.16. The number of nitrogens with two attached hydrogens (primary N) is 1. The molecule has 0 aliphatic carbocycles. The molecule has 106 valence electrons. The molecule has 0 saturated heterocycles. The summed E-state index contributed by atoms with van der Waals surface area (Å²) < 4.78 is 39.6. The van der Waals surface area contributed by atoms with Crippen LogP contribution >= 0.6 is 0 Å². The highest BCUT2D eigenvalue weighted by Crippen LogP contribution is 2.10. The molecule has 0 fully saturated rings. The highest BCUT2D eigenvalue weighted by molar-refractivity contribution is 7.89. The van der Waals surface area contributed by atoms with Crippen LogP contribution in [-0.4, -0.2) is 19.9 Å². The maximum Gasteiger partial charge on any atom is 0.242 e. The number of aromatic nitrogens is 1. The molecule has 0 unspecified atom stereocenters. The van der Waals surface area contributed by atoms with Crippen LogP contribution in [0.25, 0.3) is 0 Å². The molecule has 0 amide bonds. The third-order valence-electron chi connectivity index (χ3n) is 2.71. The van der Waals surface area contributed by atoms with Crippen LogP contribution in [0.3, 0.4) is 0 Å². The lowest BCUT2D eigenvalue weighted by atomic mass is 10.1. The number of nitrogen functional groups attached to an aromatic ring is 1. The van der Waals surface area contributed by atoms with Gasteiger partial charge in [-0.3, -0.25) is 0 Å². The zero-order valence-corrected chi connectivity index (χ0v) is 11.4. The summed E-state index contributed by atoms with van der Waals surface area (Å²) in [6, 6.07) is 9.03. The second-order valence-electron chi connectivity index (χ2n) is 4.16. The van der Waals surface area contributed by atoms with Gasteiger partial charge in [0.1, 0.15) is 16.5 Å². The van der Waals surface area contributed by atoms with Crippen LogP contribution in [0.15, 0.2) is 47.5 Å². The fourth-order valence-corrected chi connectivity index (χ4v) is 2.63. The summed E-state index contributed by atoms with van der Waals surface area (Å²) in [6.07, 6.45) is 1.45. The number of nitrogens with zero attached hydrogens (tertiary/aromatic N) is 1. The van der Waals surface area contributed by atoms with Gasteiger partial charge in [-0.25, -0.2) is 22.5 Å². The molecule has 7 heteroatoms. The molecule has 0 spiro atoms. The first-order chi connectivity index (χ1) is 9.49. The van der Waals surface area contributed by atoms with E-state index in [1.54, 1.807) is 18.2 Å². The van der Waals surface area contributed by atoms with Gasteiger partial charge in [-0.2, -0.15) is 0 Å². The van der Waals surface area contributed by atoms with Gasteiger partial charge in [0.05, 0.1) is 0 Å². The maximum atomic E-state index is 13.4. The Bertz CT molecular complexity index is 687. The number of hydrogen-bond acceptors (Lipinski definition) is 4. The standard InChI is InChI=1S/C13H14FN3O2S/c14-12-4-2-1-3-10(12)7-8-17-20(18,19)11-5-6-13(15)16-9-11/h1-6,9,17H,7-8H2,(H2,15,16).